The maximum Gasteiger partial charge on any atom is 0.324 e. The summed E-state index contributed by atoms with van der Waals surface area (Å²) >= 11 is 0. The zero-order valence-electron chi connectivity index (χ0n) is 12.9. The molecular weight excluding hydrogens is 284 g/mol. The van der Waals surface area contributed by atoms with Crippen LogP contribution in [0.1, 0.15) is 19.4 Å². The third-order valence-corrected chi connectivity index (χ3v) is 3.41. The van der Waals surface area contributed by atoms with Crippen LogP contribution in [0.3, 0.4) is 0 Å². The van der Waals surface area contributed by atoms with Crippen LogP contribution in [-0.4, -0.2) is 41.9 Å². The molecule has 1 aliphatic heterocycles. The molecule has 1 unspecified atom stereocenters. The van der Waals surface area contributed by atoms with Gasteiger partial charge in [-0.15, -0.1) is 0 Å². The van der Waals surface area contributed by atoms with Crippen LogP contribution in [0.2, 0.25) is 0 Å². The highest BCUT2D eigenvalue weighted by molar-refractivity contribution is 5.99. The highest BCUT2D eigenvalue weighted by Crippen LogP contribution is 2.20. The van der Waals surface area contributed by atoms with Crippen molar-refractivity contribution >= 4 is 29.2 Å². The number of carbonyl (C=O) groups excluding carboxylic acids is 3. The molecule has 0 aliphatic carbocycles. The number of aryl methyl sites for hydroxylation is 1. The average Bonchev–Trinajstić information content (AvgIpc) is 2.86. The predicted molar refractivity (Wildman–Crippen MR) is 83.7 cm³/mol. The smallest absolute Gasteiger partial charge is 0.324 e. The van der Waals surface area contributed by atoms with Gasteiger partial charge in [0.2, 0.25) is 5.91 Å². The van der Waals surface area contributed by atoms with Crippen molar-refractivity contribution in [1.29, 1.82) is 0 Å². The van der Waals surface area contributed by atoms with Gasteiger partial charge in [0, 0.05) is 31.4 Å². The molecule has 0 bridgehead atoms. The quantitative estimate of drug-likeness (QED) is 0.782. The van der Waals surface area contributed by atoms with Crippen LogP contribution in [0, 0.1) is 6.92 Å². The first-order valence-electron chi connectivity index (χ1n) is 7.12. The predicted octanol–water partition coefficient (Wildman–Crippen LogP) is 1.31. The van der Waals surface area contributed by atoms with E-state index in [2.05, 4.69) is 16.0 Å². The van der Waals surface area contributed by atoms with Crippen LogP contribution in [-0.2, 0) is 9.59 Å². The zero-order chi connectivity index (χ0) is 16.3. The molecule has 1 fully saturated rings. The van der Waals surface area contributed by atoms with E-state index in [4.69, 9.17) is 0 Å². The number of nitrogens with one attached hydrogen (secondary N) is 3. The second-order valence-electron chi connectivity index (χ2n) is 5.30. The van der Waals surface area contributed by atoms with Crippen molar-refractivity contribution in [2.24, 2.45) is 0 Å². The first-order chi connectivity index (χ1) is 10.4. The van der Waals surface area contributed by atoms with Gasteiger partial charge in [-0.05, 0) is 37.6 Å². The topological polar surface area (TPSA) is 90.5 Å². The summed E-state index contributed by atoms with van der Waals surface area (Å²) in [6.45, 7) is 5.92. The highest BCUT2D eigenvalue weighted by atomic mass is 16.2. The molecule has 0 aromatic heterocycles. The Bertz CT molecular complexity index is 615. The SMILES string of the molecule is CC(=O)Nc1ccc(NC(C)C(=O)N2CCNC2=O)cc1C. The lowest BCUT2D eigenvalue weighted by Crippen LogP contribution is -2.43. The van der Waals surface area contributed by atoms with Crippen molar-refractivity contribution in [3.63, 3.8) is 0 Å². The van der Waals surface area contributed by atoms with Crippen LogP contribution in [0.25, 0.3) is 0 Å². The van der Waals surface area contributed by atoms with E-state index in [1.165, 1.54) is 11.8 Å². The second kappa shape index (κ2) is 6.46. The average molecular weight is 304 g/mol. The molecular formula is C15H20N4O3. The second-order valence-corrected chi connectivity index (χ2v) is 5.30. The van der Waals surface area contributed by atoms with E-state index < -0.39 is 6.04 Å². The van der Waals surface area contributed by atoms with Crippen LogP contribution >= 0.6 is 0 Å². The summed E-state index contributed by atoms with van der Waals surface area (Å²) in [5.74, 6) is -0.397. The summed E-state index contributed by atoms with van der Waals surface area (Å²) in [6.07, 6.45) is 0. The van der Waals surface area contributed by atoms with Gasteiger partial charge in [-0.3, -0.25) is 14.5 Å². The maximum atomic E-state index is 12.2. The molecule has 7 heteroatoms. The summed E-state index contributed by atoms with van der Waals surface area (Å²) in [4.78, 5) is 36.0. The highest BCUT2D eigenvalue weighted by Gasteiger charge is 2.29. The van der Waals surface area contributed by atoms with E-state index in [9.17, 15) is 14.4 Å². The van der Waals surface area contributed by atoms with Gasteiger partial charge in [0.25, 0.3) is 5.91 Å². The molecule has 1 atom stereocenters. The molecule has 22 heavy (non-hydrogen) atoms. The van der Waals surface area contributed by atoms with Crippen molar-refractivity contribution in [3.8, 4) is 0 Å². The van der Waals surface area contributed by atoms with Crippen LogP contribution in [0.5, 0.6) is 0 Å². The van der Waals surface area contributed by atoms with E-state index in [0.29, 0.717) is 13.1 Å². The number of anilines is 2. The largest absolute Gasteiger partial charge is 0.374 e. The molecule has 3 N–H and O–H groups in total. The first kappa shape index (κ1) is 15.8. The molecule has 1 aromatic rings. The van der Waals surface area contributed by atoms with Crippen LogP contribution in [0.15, 0.2) is 18.2 Å². The molecule has 2 rings (SSSR count). The van der Waals surface area contributed by atoms with Gasteiger partial charge in [-0.25, -0.2) is 4.79 Å². The van der Waals surface area contributed by atoms with Gasteiger partial charge < -0.3 is 16.0 Å². The van der Waals surface area contributed by atoms with E-state index in [1.54, 1.807) is 19.1 Å². The van der Waals surface area contributed by atoms with E-state index >= 15 is 0 Å². The number of imide groups is 1. The first-order valence-corrected chi connectivity index (χ1v) is 7.12. The Balaban J connectivity index is 2.03. The molecule has 0 radical (unpaired) electrons. The number of hydrogen-bond acceptors (Lipinski definition) is 4. The summed E-state index contributed by atoms with van der Waals surface area (Å²) in [7, 11) is 0. The molecule has 1 saturated heterocycles. The lowest BCUT2D eigenvalue weighted by Gasteiger charge is -2.20. The Morgan fingerprint density at radius 3 is 2.64 bits per heavy atom. The minimum Gasteiger partial charge on any atom is -0.374 e. The van der Waals surface area contributed by atoms with Gasteiger partial charge in [0.15, 0.2) is 0 Å². The van der Waals surface area contributed by atoms with Crippen molar-refractivity contribution in [3.05, 3.63) is 23.8 Å². The molecule has 7 nitrogen and oxygen atoms in total. The zero-order valence-corrected chi connectivity index (χ0v) is 12.9. The molecule has 118 valence electrons. The van der Waals surface area contributed by atoms with Gasteiger partial charge in [-0.1, -0.05) is 0 Å². The Labute approximate surface area is 129 Å². The lowest BCUT2D eigenvalue weighted by atomic mass is 10.1. The normalized spacial score (nSPS) is 15.2. The van der Waals surface area contributed by atoms with Crippen molar-refractivity contribution in [2.75, 3.05) is 23.7 Å². The minimum atomic E-state index is -0.519. The number of benzene rings is 1. The lowest BCUT2D eigenvalue weighted by molar-refractivity contribution is -0.128. The number of hydrogen-bond donors (Lipinski definition) is 3. The number of carbonyl (C=O) groups is 3. The van der Waals surface area contributed by atoms with Gasteiger partial charge in [0.1, 0.15) is 6.04 Å². The van der Waals surface area contributed by atoms with Gasteiger partial charge in [-0.2, -0.15) is 0 Å². The Kier molecular flexibility index (Phi) is 4.65. The summed E-state index contributed by atoms with van der Waals surface area (Å²) in [5.41, 5.74) is 2.38. The molecule has 1 heterocycles. The van der Waals surface area contributed by atoms with Crippen LogP contribution < -0.4 is 16.0 Å². The van der Waals surface area contributed by atoms with Crippen LogP contribution in [0.4, 0.5) is 16.2 Å². The molecule has 1 aromatic carbocycles. The number of amides is 4. The summed E-state index contributed by atoms with van der Waals surface area (Å²) in [5, 5.41) is 8.41. The number of rotatable bonds is 4. The Morgan fingerprint density at radius 2 is 2.09 bits per heavy atom. The van der Waals surface area contributed by atoms with Gasteiger partial charge >= 0.3 is 6.03 Å². The molecule has 0 spiro atoms. The minimum absolute atomic E-state index is 0.132. The number of urea groups is 1. The molecule has 4 amide bonds. The monoisotopic (exact) mass is 304 g/mol. The Morgan fingerprint density at radius 1 is 1.36 bits per heavy atom. The summed E-state index contributed by atoms with van der Waals surface area (Å²) in [6, 6.07) is 4.54. The van der Waals surface area contributed by atoms with Crippen molar-refractivity contribution in [1.82, 2.24) is 10.2 Å². The fraction of sp³-hybridized carbons (Fsp3) is 0.400. The third-order valence-electron chi connectivity index (χ3n) is 3.41. The van der Waals surface area contributed by atoms with Crippen molar-refractivity contribution in [2.45, 2.75) is 26.8 Å². The fourth-order valence-corrected chi connectivity index (χ4v) is 2.31. The van der Waals surface area contributed by atoms with E-state index in [-0.39, 0.29) is 17.8 Å². The third kappa shape index (κ3) is 3.55. The van der Waals surface area contributed by atoms with Gasteiger partial charge in [0.05, 0.1) is 0 Å². The van der Waals surface area contributed by atoms with E-state index in [0.717, 1.165) is 16.9 Å². The van der Waals surface area contributed by atoms with E-state index in [1.807, 2.05) is 13.0 Å². The maximum absolute atomic E-state index is 12.2. The van der Waals surface area contributed by atoms with Crippen molar-refractivity contribution < 1.29 is 14.4 Å². The fourth-order valence-electron chi connectivity index (χ4n) is 2.31. The Hall–Kier alpha value is -2.57. The summed E-state index contributed by atoms with van der Waals surface area (Å²) < 4.78 is 0. The number of nitrogens with zero attached hydrogens (tertiary/aromatic N) is 1. The molecule has 1 aliphatic rings. The standard InChI is InChI=1S/C15H20N4O3/c1-9-8-12(4-5-13(9)18-11(3)20)17-10(2)14(21)19-7-6-16-15(19)22/h4-5,8,10,17H,6-7H2,1-3H3,(H,16,22)(H,18,20). The molecule has 0 saturated carbocycles.